The molecular formula is C14H29N3O2. The van der Waals surface area contributed by atoms with Crippen LogP contribution in [-0.2, 0) is 9.53 Å². The smallest absolute Gasteiger partial charge is 0.234 e. The van der Waals surface area contributed by atoms with Crippen LogP contribution in [0.25, 0.3) is 0 Å². The van der Waals surface area contributed by atoms with Crippen LogP contribution in [0.2, 0.25) is 0 Å². The van der Waals surface area contributed by atoms with Crippen LogP contribution < -0.4 is 10.6 Å². The van der Waals surface area contributed by atoms with Crippen molar-refractivity contribution >= 4 is 5.91 Å². The molecule has 112 valence electrons. The van der Waals surface area contributed by atoms with Gasteiger partial charge in [0.25, 0.3) is 0 Å². The lowest BCUT2D eigenvalue weighted by atomic mass is 10.1. The Bertz CT molecular complexity index is 249. The summed E-state index contributed by atoms with van der Waals surface area (Å²) in [5.41, 5.74) is 0. The van der Waals surface area contributed by atoms with Gasteiger partial charge in [-0.25, -0.2) is 0 Å². The fraction of sp³-hybridized carbons (Fsp3) is 0.929. The van der Waals surface area contributed by atoms with Gasteiger partial charge in [-0.1, -0.05) is 6.92 Å². The summed E-state index contributed by atoms with van der Waals surface area (Å²) in [6, 6.07) is 0.482. The van der Waals surface area contributed by atoms with Crippen LogP contribution in [0.1, 0.15) is 32.6 Å². The number of amides is 1. The maximum absolute atomic E-state index is 11.6. The normalized spacial score (nSPS) is 21.1. The first-order valence-electron chi connectivity index (χ1n) is 7.47. The zero-order chi connectivity index (χ0) is 13.9. The highest BCUT2D eigenvalue weighted by Gasteiger charge is 2.16. The lowest BCUT2D eigenvalue weighted by Gasteiger charge is -2.19. The molecular weight excluding hydrogens is 242 g/mol. The summed E-state index contributed by atoms with van der Waals surface area (Å²) < 4.78 is 4.90. The molecule has 0 spiro atoms. The first-order valence-corrected chi connectivity index (χ1v) is 7.47. The van der Waals surface area contributed by atoms with Gasteiger partial charge in [0.05, 0.1) is 13.2 Å². The van der Waals surface area contributed by atoms with Crippen LogP contribution >= 0.6 is 0 Å². The second-order valence-corrected chi connectivity index (χ2v) is 5.19. The fourth-order valence-electron chi connectivity index (χ4n) is 2.49. The predicted molar refractivity (Wildman–Crippen MR) is 77.3 cm³/mol. The minimum atomic E-state index is 0.0618. The van der Waals surface area contributed by atoms with Crippen molar-refractivity contribution in [3.63, 3.8) is 0 Å². The van der Waals surface area contributed by atoms with Gasteiger partial charge in [0.1, 0.15) is 0 Å². The molecule has 0 saturated carbocycles. The molecule has 1 aliphatic rings. The lowest BCUT2D eigenvalue weighted by molar-refractivity contribution is -0.120. The number of hydrogen-bond acceptors (Lipinski definition) is 4. The number of hydrogen-bond donors (Lipinski definition) is 2. The third-order valence-electron chi connectivity index (χ3n) is 3.54. The van der Waals surface area contributed by atoms with Gasteiger partial charge in [-0.15, -0.1) is 0 Å². The van der Waals surface area contributed by atoms with E-state index in [1.165, 1.54) is 32.4 Å². The minimum absolute atomic E-state index is 0.0618. The summed E-state index contributed by atoms with van der Waals surface area (Å²) >= 11 is 0. The molecule has 1 rings (SSSR count). The third-order valence-corrected chi connectivity index (χ3v) is 3.54. The van der Waals surface area contributed by atoms with Crippen molar-refractivity contribution in [2.24, 2.45) is 0 Å². The van der Waals surface area contributed by atoms with Crippen molar-refractivity contribution in [2.75, 3.05) is 46.4 Å². The van der Waals surface area contributed by atoms with Crippen molar-refractivity contribution in [1.29, 1.82) is 0 Å². The predicted octanol–water partition coefficient (Wildman–Crippen LogP) is 0.603. The van der Waals surface area contributed by atoms with Gasteiger partial charge >= 0.3 is 0 Å². The van der Waals surface area contributed by atoms with Crippen molar-refractivity contribution in [3.8, 4) is 0 Å². The van der Waals surface area contributed by atoms with Crippen LogP contribution in [0.5, 0.6) is 0 Å². The molecule has 19 heavy (non-hydrogen) atoms. The molecule has 2 N–H and O–H groups in total. The summed E-state index contributed by atoms with van der Waals surface area (Å²) in [5, 5.41) is 6.20. The number of rotatable bonds is 8. The Morgan fingerprint density at radius 3 is 2.95 bits per heavy atom. The Labute approximate surface area is 117 Å². The average molecular weight is 271 g/mol. The van der Waals surface area contributed by atoms with Crippen molar-refractivity contribution in [3.05, 3.63) is 0 Å². The number of carbonyl (C=O) groups is 1. The van der Waals surface area contributed by atoms with E-state index < -0.39 is 0 Å². The molecule has 0 aromatic carbocycles. The summed E-state index contributed by atoms with van der Waals surface area (Å²) in [6.07, 6.45) is 4.76. The van der Waals surface area contributed by atoms with E-state index in [1.807, 2.05) is 0 Å². The minimum Gasteiger partial charge on any atom is -0.383 e. The molecule has 1 unspecified atom stereocenters. The standard InChI is InChI=1S/C14H29N3O2/c1-3-8-17-9-4-5-13(6-10-17)16-12-14(18)15-7-11-19-2/h13,16H,3-12H2,1-2H3,(H,15,18). The van der Waals surface area contributed by atoms with Crippen LogP contribution in [0, 0.1) is 0 Å². The molecule has 5 heteroatoms. The fourth-order valence-corrected chi connectivity index (χ4v) is 2.49. The Balaban J connectivity index is 2.13. The molecule has 1 aliphatic heterocycles. The maximum Gasteiger partial charge on any atom is 0.234 e. The Morgan fingerprint density at radius 2 is 2.21 bits per heavy atom. The summed E-state index contributed by atoms with van der Waals surface area (Å²) in [4.78, 5) is 14.1. The zero-order valence-electron chi connectivity index (χ0n) is 12.4. The number of nitrogens with one attached hydrogen (secondary N) is 2. The van der Waals surface area contributed by atoms with Gasteiger partial charge in [-0.2, -0.15) is 0 Å². The maximum atomic E-state index is 11.6. The molecule has 1 heterocycles. The number of methoxy groups -OCH3 is 1. The number of ether oxygens (including phenoxy) is 1. The van der Waals surface area contributed by atoms with Gasteiger partial charge in [0.15, 0.2) is 0 Å². The van der Waals surface area contributed by atoms with Gasteiger partial charge in [-0.05, 0) is 45.3 Å². The van der Waals surface area contributed by atoms with Crippen molar-refractivity contribution in [1.82, 2.24) is 15.5 Å². The summed E-state index contributed by atoms with van der Waals surface area (Å²) in [7, 11) is 1.64. The van der Waals surface area contributed by atoms with E-state index in [-0.39, 0.29) is 5.91 Å². The number of likely N-dealkylation sites (tertiary alicyclic amines) is 1. The van der Waals surface area contributed by atoms with E-state index in [2.05, 4.69) is 22.5 Å². The van der Waals surface area contributed by atoms with Gasteiger partial charge in [-0.3, -0.25) is 4.79 Å². The van der Waals surface area contributed by atoms with Crippen molar-refractivity contribution in [2.45, 2.75) is 38.6 Å². The second kappa shape index (κ2) is 10.2. The molecule has 0 aliphatic carbocycles. The molecule has 0 aromatic rings. The van der Waals surface area contributed by atoms with Gasteiger partial charge in [0.2, 0.25) is 5.91 Å². The van der Waals surface area contributed by atoms with Crippen LogP contribution in [0.3, 0.4) is 0 Å². The Hall–Kier alpha value is -0.650. The highest BCUT2D eigenvalue weighted by molar-refractivity contribution is 5.77. The molecule has 0 aromatic heterocycles. The van der Waals surface area contributed by atoms with Gasteiger partial charge in [0, 0.05) is 19.7 Å². The quantitative estimate of drug-likeness (QED) is 0.635. The van der Waals surface area contributed by atoms with E-state index in [9.17, 15) is 4.79 Å². The number of nitrogens with zero attached hydrogens (tertiary/aromatic N) is 1. The topological polar surface area (TPSA) is 53.6 Å². The van der Waals surface area contributed by atoms with E-state index in [0.29, 0.717) is 25.7 Å². The second-order valence-electron chi connectivity index (χ2n) is 5.19. The Kier molecular flexibility index (Phi) is 8.79. The van der Waals surface area contributed by atoms with Crippen LogP contribution in [-0.4, -0.2) is 63.3 Å². The van der Waals surface area contributed by atoms with Crippen LogP contribution in [0.15, 0.2) is 0 Å². The van der Waals surface area contributed by atoms with Crippen molar-refractivity contribution < 1.29 is 9.53 Å². The first-order chi connectivity index (χ1) is 9.26. The van der Waals surface area contributed by atoms with E-state index in [0.717, 1.165) is 13.0 Å². The highest BCUT2D eigenvalue weighted by atomic mass is 16.5. The molecule has 1 fully saturated rings. The molecule has 1 saturated heterocycles. The SMILES string of the molecule is CCCN1CCCC(NCC(=O)NCCOC)CC1. The molecule has 5 nitrogen and oxygen atoms in total. The monoisotopic (exact) mass is 271 g/mol. The molecule has 1 atom stereocenters. The molecule has 0 radical (unpaired) electrons. The highest BCUT2D eigenvalue weighted by Crippen LogP contribution is 2.11. The van der Waals surface area contributed by atoms with Gasteiger partial charge < -0.3 is 20.3 Å². The van der Waals surface area contributed by atoms with Crippen LogP contribution in [0.4, 0.5) is 0 Å². The third kappa shape index (κ3) is 7.50. The Morgan fingerprint density at radius 1 is 1.37 bits per heavy atom. The molecule has 0 bridgehead atoms. The molecule has 1 amide bonds. The van der Waals surface area contributed by atoms with E-state index in [1.54, 1.807) is 7.11 Å². The zero-order valence-corrected chi connectivity index (χ0v) is 12.4. The van der Waals surface area contributed by atoms with E-state index in [4.69, 9.17) is 4.74 Å². The van der Waals surface area contributed by atoms with E-state index >= 15 is 0 Å². The summed E-state index contributed by atoms with van der Waals surface area (Å²) in [5.74, 6) is 0.0618. The number of carbonyl (C=O) groups excluding carboxylic acids is 1. The average Bonchev–Trinajstić information content (AvgIpc) is 2.63. The largest absolute Gasteiger partial charge is 0.383 e. The first kappa shape index (κ1) is 16.4. The summed E-state index contributed by atoms with van der Waals surface area (Å²) in [6.45, 7) is 7.35. The lowest BCUT2D eigenvalue weighted by Crippen LogP contribution is -2.40.